The van der Waals surface area contributed by atoms with Gasteiger partial charge in [0.05, 0.1) is 12.2 Å². The van der Waals surface area contributed by atoms with Crippen LogP contribution >= 0.6 is 0 Å². The molecule has 1 saturated carbocycles. The van der Waals surface area contributed by atoms with Gasteiger partial charge in [0.1, 0.15) is 0 Å². The van der Waals surface area contributed by atoms with Gasteiger partial charge in [-0.3, -0.25) is 10.1 Å². The zero-order valence-corrected chi connectivity index (χ0v) is 9.75. The average Bonchev–Trinajstić information content (AvgIpc) is 2.76. The monoisotopic (exact) mass is 211 g/mol. The fourth-order valence-corrected chi connectivity index (χ4v) is 2.57. The average molecular weight is 211 g/mol. The molecule has 2 aliphatic rings. The van der Waals surface area contributed by atoms with E-state index in [4.69, 9.17) is 0 Å². The molecule has 2 fully saturated rings. The highest BCUT2D eigenvalue weighted by atomic mass is 16.2. The van der Waals surface area contributed by atoms with Crippen LogP contribution in [-0.2, 0) is 4.79 Å². The highest BCUT2D eigenvalue weighted by molar-refractivity contribution is 5.88. The van der Waals surface area contributed by atoms with Crippen molar-refractivity contribution in [2.24, 2.45) is 0 Å². The zero-order valence-electron chi connectivity index (χ0n) is 9.75. The van der Waals surface area contributed by atoms with Crippen LogP contribution < -0.4 is 5.32 Å². The molecule has 0 aromatic carbocycles. The van der Waals surface area contributed by atoms with E-state index in [0.29, 0.717) is 5.91 Å². The van der Waals surface area contributed by atoms with Gasteiger partial charge in [-0.1, -0.05) is 12.8 Å². The number of nitrogens with zero attached hydrogens (tertiary/aromatic N) is 2. The van der Waals surface area contributed by atoms with Gasteiger partial charge in [-0.25, -0.2) is 0 Å². The van der Waals surface area contributed by atoms with Crippen molar-refractivity contribution in [2.45, 2.75) is 31.2 Å². The molecule has 1 saturated heterocycles. The molecule has 1 aliphatic heterocycles. The molecule has 0 radical (unpaired) electrons. The Kier molecular flexibility index (Phi) is 2.98. The van der Waals surface area contributed by atoms with Gasteiger partial charge in [-0.15, -0.1) is 0 Å². The van der Waals surface area contributed by atoms with Crippen molar-refractivity contribution < 1.29 is 4.79 Å². The van der Waals surface area contributed by atoms with E-state index in [-0.39, 0.29) is 5.54 Å². The van der Waals surface area contributed by atoms with E-state index in [1.165, 1.54) is 12.8 Å². The molecule has 0 atom stereocenters. The Bertz CT molecular complexity index is 246. The fourth-order valence-electron chi connectivity index (χ4n) is 2.57. The second-order valence-electron chi connectivity index (χ2n) is 5.00. The van der Waals surface area contributed by atoms with Crippen molar-refractivity contribution in [1.29, 1.82) is 0 Å². The zero-order chi connectivity index (χ0) is 10.9. The summed E-state index contributed by atoms with van der Waals surface area (Å²) in [4.78, 5) is 16.3. The van der Waals surface area contributed by atoms with E-state index < -0.39 is 0 Å². The minimum Gasteiger partial charge on any atom is -0.327 e. The van der Waals surface area contributed by atoms with Gasteiger partial charge in [0, 0.05) is 13.1 Å². The van der Waals surface area contributed by atoms with E-state index >= 15 is 0 Å². The molecule has 4 heteroatoms. The second-order valence-corrected chi connectivity index (χ2v) is 5.00. The lowest BCUT2D eigenvalue weighted by Crippen LogP contribution is -2.44. The van der Waals surface area contributed by atoms with Crippen molar-refractivity contribution in [3.05, 3.63) is 0 Å². The SMILES string of the molecule is CN(C)CCN1CNC2(CCCC2)C1=O. The number of hydrogen-bond donors (Lipinski definition) is 1. The summed E-state index contributed by atoms with van der Waals surface area (Å²) in [6, 6.07) is 0. The first-order chi connectivity index (χ1) is 7.14. The Hall–Kier alpha value is -0.610. The number of rotatable bonds is 3. The van der Waals surface area contributed by atoms with Gasteiger partial charge in [-0.05, 0) is 26.9 Å². The van der Waals surface area contributed by atoms with Gasteiger partial charge >= 0.3 is 0 Å². The van der Waals surface area contributed by atoms with Crippen molar-refractivity contribution in [1.82, 2.24) is 15.1 Å². The van der Waals surface area contributed by atoms with Crippen LogP contribution in [-0.4, -0.2) is 55.1 Å². The molecule has 0 aromatic heterocycles. The number of likely N-dealkylation sites (N-methyl/N-ethyl adjacent to an activating group) is 1. The third kappa shape index (κ3) is 2.01. The lowest BCUT2D eigenvalue weighted by molar-refractivity contribution is -0.132. The standard InChI is InChI=1S/C11H21N3O/c1-13(2)7-8-14-9-12-11(10(14)15)5-3-4-6-11/h12H,3-9H2,1-2H3. The van der Waals surface area contributed by atoms with E-state index in [0.717, 1.165) is 32.6 Å². The first kappa shape index (κ1) is 10.9. The Morgan fingerprint density at radius 2 is 2.07 bits per heavy atom. The first-order valence-electron chi connectivity index (χ1n) is 5.83. The van der Waals surface area contributed by atoms with Gasteiger partial charge in [0.15, 0.2) is 0 Å². The van der Waals surface area contributed by atoms with Crippen LogP contribution in [0.15, 0.2) is 0 Å². The predicted octanol–water partition coefficient (Wildman–Crippen LogP) is 0.250. The van der Waals surface area contributed by atoms with Gasteiger partial charge in [0.25, 0.3) is 0 Å². The van der Waals surface area contributed by atoms with Gasteiger partial charge in [-0.2, -0.15) is 0 Å². The number of carbonyl (C=O) groups excluding carboxylic acids is 1. The summed E-state index contributed by atoms with van der Waals surface area (Å²) in [5, 5.41) is 3.41. The number of nitrogens with one attached hydrogen (secondary N) is 1. The molecule has 4 nitrogen and oxygen atoms in total. The summed E-state index contributed by atoms with van der Waals surface area (Å²) in [5.41, 5.74) is -0.174. The van der Waals surface area contributed by atoms with Crippen LogP contribution in [0.1, 0.15) is 25.7 Å². The molecule has 1 spiro atoms. The maximum Gasteiger partial charge on any atom is 0.244 e. The quantitative estimate of drug-likeness (QED) is 0.727. The maximum atomic E-state index is 12.2. The summed E-state index contributed by atoms with van der Waals surface area (Å²) in [5.74, 6) is 0.335. The molecule has 0 unspecified atom stereocenters. The summed E-state index contributed by atoms with van der Waals surface area (Å²) in [6.07, 6.45) is 4.45. The Morgan fingerprint density at radius 3 is 2.67 bits per heavy atom. The van der Waals surface area contributed by atoms with Gasteiger partial charge in [0.2, 0.25) is 5.91 Å². The first-order valence-corrected chi connectivity index (χ1v) is 5.83. The summed E-state index contributed by atoms with van der Waals surface area (Å²) in [7, 11) is 4.08. The van der Waals surface area contributed by atoms with E-state index in [9.17, 15) is 4.79 Å². The number of hydrogen-bond acceptors (Lipinski definition) is 3. The molecule has 0 aromatic rings. The summed E-state index contributed by atoms with van der Waals surface area (Å²) in [6.45, 7) is 2.54. The minimum atomic E-state index is -0.174. The summed E-state index contributed by atoms with van der Waals surface area (Å²) >= 11 is 0. The Labute approximate surface area is 91.6 Å². The molecule has 15 heavy (non-hydrogen) atoms. The Balaban J connectivity index is 1.92. The Morgan fingerprint density at radius 1 is 1.40 bits per heavy atom. The van der Waals surface area contributed by atoms with Crippen LogP contribution in [0.4, 0.5) is 0 Å². The third-order valence-electron chi connectivity index (χ3n) is 3.58. The number of amides is 1. The highest BCUT2D eigenvalue weighted by Gasteiger charge is 2.47. The number of carbonyl (C=O) groups is 1. The fraction of sp³-hybridized carbons (Fsp3) is 0.909. The lowest BCUT2D eigenvalue weighted by Gasteiger charge is -2.22. The molecular weight excluding hydrogens is 190 g/mol. The largest absolute Gasteiger partial charge is 0.327 e. The van der Waals surface area contributed by atoms with Gasteiger partial charge < -0.3 is 9.80 Å². The van der Waals surface area contributed by atoms with Crippen LogP contribution in [0.2, 0.25) is 0 Å². The lowest BCUT2D eigenvalue weighted by atomic mass is 9.98. The van der Waals surface area contributed by atoms with Crippen molar-refractivity contribution in [2.75, 3.05) is 33.9 Å². The third-order valence-corrected chi connectivity index (χ3v) is 3.58. The molecule has 1 amide bonds. The smallest absolute Gasteiger partial charge is 0.244 e. The maximum absolute atomic E-state index is 12.2. The second kappa shape index (κ2) is 4.10. The minimum absolute atomic E-state index is 0.174. The molecule has 86 valence electrons. The van der Waals surface area contributed by atoms with Crippen molar-refractivity contribution >= 4 is 5.91 Å². The summed E-state index contributed by atoms with van der Waals surface area (Å²) < 4.78 is 0. The normalized spacial score (nSPS) is 24.7. The molecule has 1 aliphatic carbocycles. The topological polar surface area (TPSA) is 35.6 Å². The van der Waals surface area contributed by atoms with Crippen LogP contribution in [0.3, 0.4) is 0 Å². The molecule has 0 bridgehead atoms. The molecule has 2 rings (SSSR count). The van der Waals surface area contributed by atoms with Crippen LogP contribution in [0, 0.1) is 0 Å². The van der Waals surface area contributed by atoms with Crippen molar-refractivity contribution in [3.63, 3.8) is 0 Å². The molecule has 1 heterocycles. The van der Waals surface area contributed by atoms with E-state index in [2.05, 4.69) is 10.2 Å². The molecular formula is C11H21N3O. The molecule has 1 N–H and O–H groups in total. The van der Waals surface area contributed by atoms with Crippen molar-refractivity contribution in [3.8, 4) is 0 Å². The van der Waals surface area contributed by atoms with Crippen LogP contribution in [0.5, 0.6) is 0 Å². The van der Waals surface area contributed by atoms with E-state index in [1.54, 1.807) is 0 Å². The predicted molar refractivity (Wildman–Crippen MR) is 59.5 cm³/mol. The highest BCUT2D eigenvalue weighted by Crippen LogP contribution is 2.34. The van der Waals surface area contributed by atoms with E-state index in [1.807, 2.05) is 19.0 Å². The van der Waals surface area contributed by atoms with Crippen LogP contribution in [0.25, 0.3) is 0 Å².